The van der Waals surface area contributed by atoms with Crippen molar-refractivity contribution in [3.05, 3.63) is 23.8 Å². The molecule has 0 saturated carbocycles. The average Bonchev–Trinajstić information content (AvgIpc) is 2.14. The average molecular weight is 254 g/mol. The summed E-state index contributed by atoms with van der Waals surface area (Å²) in [6.45, 7) is 5.39. The summed E-state index contributed by atoms with van der Waals surface area (Å²) in [4.78, 5) is 12.2. The van der Waals surface area contributed by atoms with E-state index < -0.39 is 17.7 Å². The Balaban J connectivity index is 2.57. The van der Waals surface area contributed by atoms with Crippen LogP contribution in [-0.2, 0) is 9.53 Å². The Hall–Kier alpha value is -1.00. The van der Waals surface area contributed by atoms with Gasteiger partial charge in [-0.2, -0.15) is 0 Å². The monoisotopic (exact) mass is 254 g/mol. The van der Waals surface area contributed by atoms with E-state index in [0.717, 1.165) is 0 Å². The highest BCUT2D eigenvalue weighted by Gasteiger charge is 2.23. The zero-order valence-corrected chi connectivity index (χ0v) is 11.2. The molecule has 94 valence electrons. The molecule has 3 nitrogen and oxygen atoms in total. The molecule has 0 aromatic heterocycles. The van der Waals surface area contributed by atoms with Gasteiger partial charge in [0.1, 0.15) is 5.60 Å². The van der Waals surface area contributed by atoms with Crippen molar-refractivity contribution in [2.75, 3.05) is 0 Å². The Morgan fingerprint density at radius 3 is 2.76 bits per heavy atom. The van der Waals surface area contributed by atoms with Gasteiger partial charge in [-0.25, -0.2) is 0 Å². The van der Waals surface area contributed by atoms with Gasteiger partial charge in [0.05, 0.1) is 12.5 Å². The minimum Gasteiger partial charge on any atom is -0.460 e. The molecular formula is C13H18O3S. The Labute approximate surface area is 107 Å². The molecule has 0 radical (unpaired) electrons. The van der Waals surface area contributed by atoms with Gasteiger partial charge in [-0.05, 0) is 26.3 Å². The van der Waals surface area contributed by atoms with Crippen molar-refractivity contribution in [2.45, 2.75) is 45.3 Å². The summed E-state index contributed by atoms with van der Waals surface area (Å²) in [5.74, 6) is -0.414. The standard InChI is InChI=1S/C13H18O3S/c1-13(2,3)16-12(15)8-10(14)9-6-4-5-7-11(9)17/h4-6,10,14H,7-8H2,1-3H3/t10-/m0/s1. The molecule has 0 unspecified atom stereocenters. The van der Waals surface area contributed by atoms with E-state index in [1.165, 1.54) is 0 Å². The Morgan fingerprint density at radius 2 is 2.24 bits per heavy atom. The molecule has 0 spiro atoms. The van der Waals surface area contributed by atoms with E-state index in [9.17, 15) is 9.90 Å². The number of carbonyl (C=O) groups is 1. The van der Waals surface area contributed by atoms with Crippen molar-refractivity contribution in [3.63, 3.8) is 0 Å². The van der Waals surface area contributed by atoms with E-state index in [2.05, 4.69) is 0 Å². The fourth-order valence-corrected chi connectivity index (χ4v) is 1.81. The first-order chi connectivity index (χ1) is 7.79. The number of esters is 1. The molecule has 0 fully saturated rings. The second kappa shape index (κ2) is 5.56. The van der Waals surface area contributed by atoms with E-state index in [1.54, 1.807) is 26.8 Å². The lowest BCUT2D eigenvalue weighted by Crippen LogP contribution is -2.28. The van der Waals surface area contributed by atoms with Gasteiger partial charge >= 0.3 is 5.97 Å². The number of rotatable bonds is 3. The molecule has 1 aliphatic rings. The zero-order chi connectivity index (χ0) is 13.1. The highest BCUT2D eigenvalue weighted by atomic mass is 32.1. The van der Waals surface area contributed by atoms with Crippen LogP contribution in [0.15, 0.2) is 23.8 Å². The SMILES string of the molecule is CC(C)(C)OC(=O)C[C@H](O)C1=CC=CCC1=S. The Kier molecular flexibility index (Phi) is 4.60. The van der Waals surface area contributed by atoms with Crippen LogP contribution in [0.4, 0.5) is 0 Å². The zero-order valence-electron chi connectivity index (χ0n) is 10.4. The third-order valence-corrected chi connectivity index (χ3v) is 2.58. The van der Waals surface area contributed by atoms with E-state index in [1.807, 2.05) is 12.2 Å². The fraction of sp³-hybridized carbons (Fsp3) is 0.538. The summed E-state index contributed by atoms with van der Waals surface area (Å²) < 4.78 is 5.15. The van der Waals surface area contributed by atoms with Crippen LogP contribution in [0.2, 0.25) is 0 Å². The maximum atomic E-state index is 11.5. The number of aliphatic hydroxyl groups is 1. The number of ether oxygens (including phenoxy) is 1. The molecule has 0 heterocycles. The highest BCUT2D eigenvalue weighted by molar-refractivity contribution is 7.80. The number of aliphatic hydroxyl groups excluding tert-OH is 1. The molecule has 0 aromatic rings. The van der Waals surface area contributed by atoms with Gasteiger partial charge in [-0.15, -0.1) is 0 Å². The summed E-state index contributed by atoms with van der Waals surface area (Å²) in [7, 11) is 0. The summed E-state index contributed by atoms with van der Waals surface area (Å²) in [6.07, 6.45) is 5.22. The minimum atomic E-state index is -0.873. The molecule has 4 heteroatoms. The van der Waals surface area contributed by atoms with Crippen molar-refractivity contribution in [2.24, 2.45) is 0 Å². The number of carbonyl (C=O) groups excluding carboxylic acids is 1. The van der Waals surface area contributed by atoms with Crippen molar-refractivity contribution in [1.82, 2.24) is 0 Å². The minimum absolute atomic E-state index is 0.0584. The van der Waals surface area contributed by atoms with Crippen LogP contribution < -0.4 is 0 Å². The van der Waals surface area contributed by atoms with E-state index in [4.69, 9.17) is 17.0 Å². The van der Waals surface area contributed by atoms with Crippen LogP contribution in [0.25, 0.3) is 0 Å². The van der Waals surface area contributed by atoms with Crippen LogP contribution >= 0.6 is 12.2 Å². The number of thiocarbonyl (C=S) groups is 1. The normalized spacial score (nSPS) is 17.6. The molecule has 1 atom stereocenters. The van der Waals surface area contributed by atoms with Crippen LogP contribution in [0.5, 0.6) is 0 Å². The van der Waals surface area contributed by atoms with Crippen molar-refractivity contribution >= 4 is 23.1 Å². The van der Waals surface area contributed by atoms with Gasteiger partial charge < -0.3 is 9.84 Å². The molecule has 1 aliphatic carbocycles. The Morgan fingerprint density at radius 1 is 1.59 bits per heavy atom. The summed E-state index contributed by atoms with van der Waals surface area (Å²) in [6, 6.07) is 0. The van der Waals surface area contributed by atoms with Crippen molar-refractivity contribution in [1.29, 1.82) is 0 Å². The summed E-state index contributed by atoms with van der Waals surface area (Å²) >= 11 is 5.13. The summed E-state index contributed by atoms with van der Waals surface area (Å²) in [5, 5.41) is 9.92. The lowest BCUT2D eigenvalue weighted by atomic mass is 9.97. The van der Waals surface area contributed by atoms with Gasteiger partial charge in [0.25, 0.3) is 0 Å². The second-order valence-corrected chi connectivity index (χ2v) is 5.48. The van der Waals surface area contributed by atoms with Gasteiger partial charge in [-0.1, -0.05) is 30.4 Å². The molecule has 1 rings (SSSR count). The maximum Gasteiger partial charge on any atom is 0.309 e. The molecule has 0 aliphatic heterocycles. The first-order valence-electron chi connectivity index (χ1n) is 5.59. The van der Waals surface area contributed by atoms with Gasteiger partial charge in [0.15, 0.2) is 0 Å². The largest absolute Gasteiger partial charge is 0.460 e. The maximum absolute atomic E-state index is 11.5. The van der Waals surface area contributed by atoms with Crippen molar-refractivity contribution in [3.8, 4) is 0 Å². The number of hydrogen-bond donors (Lipinski definition) is 1. The van der Waals surface area contributed by atoms with E-state index in [0.29, 0.717) is 16.9 Å². The molecule has 0 amide bonds. The van der Waals surface area contributed by atoms with Crippen LogP contribution in [0, 0.1) is 0 Å². The lowest BCUT2D eigenvalue weighted by molar-refractivity contribution is -0.156. The molecule has 1 N–H and O–H groups in total. The predicted molar refractivity (Wildman–Crippen MR) is 70.9 cm³/mol. The smallest absolute Gasteiger partial charge is 0.309 e. The van der Waals surface area contributed by atoms with Crippen LogP contribution in [0.3, 0.4) is 0 Å². The van der Waals surface area contributed by atoms with Crippen LogP contribution in [0.1, 0.15) is 33.6 Å². The first-order valence-corrected chi connectivity index (χ1v) is 6.00. The fourth-order valence-electron chi connectivity index (χ4n) is 1.51. The molecular weight excluding hydrogens is 236 g/mol. The Bertz CT molecular complexity index is 375. The van der Waals surface area contributed by atoms with Gasteiger partial charge in [-0.3, -0.25) is 4.79 Å². The molecule has 0 aromatic carbocycles. The van der Waals surface area contributed by atoms with Crippen molar-refractivity contribution < 1.29 is 14.6 Å². The third kappa shape index (κ3) is 4.79. The molecule has 0 bridgehead atoms. The second-order valence-electron chi connectivity index (χ2n) is 4.98. The van der Waals surface area contributed by atoms with Gasteiger partial charge in [0.2, 0.25) is 0 Å². The highest BCUT2D eigenvalue weighted by Crippen LogP contribution is 2.18. The molecule has 17 heavy (non-hydrogen) atoms. The predicted octanol–water partition coefficient (Wildman–Crippen LogP) is 2.34. The number of hydrogen-bond acceptors (Lipinski definition) is 4. The number of allylic oxidation sites excluding steroid dienone is 3. The topological polar surface area (TPSA) is 46.5 Å². The van der Waals surface area contributed by atoms with Crippen LogP contribution in [-0.4, -0.2) is 27.6 Å². The van der Waals surface area contributed by atoms with Gasteiger partial charge in [0, 0.05) is 11.3 Å². The quantitative estimate of drug-likeness (QED) is 0.620. The van der Waals surface area contributed by atoms with E-state index in [-0.39, 0.29) is 6.42 Å². The summed E-state index contributed by atoms with van der Waals surface area (Å²) in [5.41, 5.74) is 0.117. The first kappa shape index (κ1) is 14.1. The van der Waals surface area contributed by atoms with E-state index >= 15 is 0 Å². The molecule has 0 saturated heterocycles. The lowest BCUT2D eigenvalue weighted by Gasteiger charge is -2.22. The third-order valence-electron chi connectivity index (χ3n) is 2.18.